The summed E-state index contributed by atoms with van der Waals surface area (Å²) >= 11 is 0. The molecule has 2 fully saturated rings. The maximum absolute atomic E-state index is 12.2. The van der Waals surface area contributed by atoms with Gasteiger partial charge in [0.05, 0.1) is 0 Å². The number of para-hydroxylation sites is 1. The van der Waals surface area contributed by atoms with Gasteiger partial charge >= 0.3 is 6.03 Å². The summed E-state index contributed by atoms with van der Waals surface area (Å²) in [5.74, 6) is 0.528. The molecule has 0 spiro atoms. The third-order valence-corrected chi connectivity index (χ3v) is 5.94. The number of hydrogen-bond donors (Lipinski definition) is 2. The van der Waals surface area contributed by atoms with Gasteiger partial charge in [0, 0.05) is 44.0 Å². The Morgan fingerprint density at radius 1 is 1.15 bits per heavy atom. The minimum atomic E-state index is -0.0281. The normalized spacial score (nSPS) is 25.1. The number of carbonyl (C=O) groups is 1. The molecule has 0 saturated carbocycles. The molecule has 144 valence electrons. The molecule has 0 bridgehead atoms. The highest BCUT2D eigenvalue weighted by molar-refractivity contribution is 5.73. The maximum atomic E-state index is 12.2. The number of nitrogens with zero attached hydrogens (tertiary/aromatic N) is 2. The van der Waals surface area contributed by atoms with Crippen LogP contribution in [-0.4, -0.2) is 55.7 Å². The fraction of sp³-hybridized carbons (Fsp3) is 0.667. The van der Waals surface area contributed by atoms with Crippen LogP contribution in [0, 0.1) is 5.92 Å². The molecule has 2 aliphatic heterocycles. The minimum absolute atomic E-state index is 0.0281. The minimum Gasteiger partial charge on any atom is -0.371 e. The Bertz CT molecular complexity index is 564. The Balaban J connectivity index is 1.34. The fourth-order valence-electron chi connectivity index (χ4n) is 4.30. The summed E-state index contributed by atoms with van der Waals surface area (Å²) < 4.78 is 0. The third kappa shape index (κ3) is 5.13. The number of likely N-dealkylation sites (tertiary alicyclic amines) is 1. The topological polar surface area (TPSA) is 47.6 Å². The Labute approximate surface area is 158 Å². The highest BCUT2D eigenvalue weighted by Crippen LogP contribution is 2.23. The molecular formula is C21H34N4O. The summed E-state index contributed by atoms with van der Waals surface area (Å²) in [6.45, 7) is 9.24. The van der Waals surface area contributed by atoms with E-state index in [0.717, 1.165) is 39.1 Å². The SMILES string of the molecule is C[C@@H]1CCCCN1[C@@H](C)CNC(=O)NC[C@@H]1CCN(c2ccccc2)C1. The smallest absolute Gasteiger partial charge is 0.314 e. The zero-order chi connectivity index (χ0) is 18.4. The van der Waals surface area contributed by atoms with E-state index < -0.39 is 0 Å². The molecule has 3 atom stereocenters. The molecular weight excluding hydrogens is 324 g/mol. The lowest BCUT2D eigenvalue weighted by molar-refractivity contribution is 0.114. The van der Waals surface area contributed by atoms with Gasteiger partial charge in [0.2, 0.25) is 0 Å². The molecule has 5 heteroatoms. The molecule has 2 N–H and O–H groups in total. The molecule has 2 amide bonds. The fourth-order valence-corrected chi connectivity index (χ4v) is 4.30. The van der Waals surface area contributed by atoms with Crippen LogP contribution in [0.3, 0.4) is 0 Å². The van der Waals surface area contributed by atoms with Crippen LogP contribution in [0.1, 0.15) is 39.5 Å². The summed E-state index contributed by atoms with van der Waals surface area (Å²) in [6, 6.07) is 11.5. The maximum Gasteiger partial charge on any atom is 0.314 e. The van der Waals surface area contributed by atoms with Gasteiger partial charge in [-0.15, -0.1) is 0 Å². The van der Waals surface area contributed by atoms with Crippen molar-refractivity contribution in [1.82, 2.24) is 15.5 Å². The van der Waals surface area contributed by atoms with Crippen LogP contribution >= 0.6 is 0 Å². The van der Waals surface area contributed by atoms with Gasteiger partial charge in [-0.2, -0.15) is 0 Å². The van der Waals surface area contributed by atoms with E-state index in [-0.39, 0.29) is 6.03 Å². The summed E-state index contributed by atoms with van der Waals surface area (Å²) in [5.41, 5.74) is 1.28. The van der Waals surface area contributed by atoms with Gasteiger partial charge in [0.15, 0.2) is 0 Å². The van der Waals surface area contributed by atoms with Crippen LogP contribution in [0.4, 0.5) is 10.5 Å². The zero-order valence-corrected chi connectivity index (χ0v) is 16.3. The van der Waals surface area contributed by atoms with E-state index in [1.807, 2.05) is 0 Å². The van der Waals surface area contributed by atoms with Crippen molar-refractivity contribution < 1.29 is 4.79 Å². The van der Waals surface area contributed by atoms with Crippen molar-refractivity contribution in [3.05, 3.63) is 30.3 Å². The predicted molar refractivity (Wildman–Crippen MR) is 108 cm³/mol. The van der Waals surface area contributed by atoms with Gasteiger partial charge in [-0.05, 0) is 57.7 Å². The number of carbonyl (C=O) groups excluding carboxylic acids is 1. The van der Waals surface area contributed by atoms with Crippen LogP contribution < -0.4 is 15.5 Å². The van der Waals surface area contributed by atoms with E-state index in [0.29, 0.717) is 18.0 Å². The number of urea groups is 1. The summed E-state index contributed by atoms with van der Waals surface area (Å²) in [6.07, 6.45) is 5.02. The molecule has 2 aliphatic rings. The van der Waals surface area contributed by atoms with Gasteiger partial charge in [0.1, 0.15) is 0 Å². The number of hydrogen-bond acceptors (Lipinski definition) is 3. The van der Waals surface area contributed by atoms with E-state index in [4.69, 9.17) is 0 Å². The van der Waals surface area contributed by atoms with E-state index in [1.54, 1.807) is 0 Å². The first-order valence-corrected chi connectivity index (χ1v) is 10.2. The lowest BCUT2D eigenvalue weighted by Gasteiger charge is -2.38. The highest BCUT2D eigenvalue weighted by atomic mass is 16.2. The monoisotopic (exact) mass is 358 g/mol. The average Bonchev–Trinajstić information content (AvgIpc) is 3.14. The van der Waals surface area contributed by atoms with Crippen LogP contribution in [0.5, 0.6) is 0 Å². The van der Waals surface area contributed by atoms with Crippen LogP contribution in [-0.2, 0) is 0 Å². The number of nitrogens with one attached hydrogen (secondary N) is 2. The number of piperidine rings is 1. The molecule has 2 heterocycles. The largest absolute Gasteiger partial charge is 0.371 e. The number of benzene rings is 1. The van der Waals surface area contributed by atoms with Crippen LogP contribution in [0.25, 0.3) is 0 Å². The molecule has 2 saturated heterocycles. The lowest BCUT2D eigenvalue weighted by Crippen LogP contribution is -2.50. The Hall–Kier alpha value is -1.75. The summed E-state index contributed by atoms with van der Waals surface area (Å²) in [7, 11) is 0. The van der Waals surface area contributed by atoms with E-state index in [2.05, 4.69) is 64.6 Å². The molecule has 3 rings (SSSR count). The summed E-state index contributed by atoms with van der Waals surface area (Å²) in [5, 5.41) is 6.13. The average molecular weight is 359 g/mol. The molecule has 5 nitrogen and oxygen atoms in total. The van der Waals surface area contributed by atoms with Crippen molar-refractivity contribution in [1.29, 1.82) is 0 Å². The molecule has 0 radical (unpaired) electrons. The summed E-state index contributed by atoms with van der Waals surface area (Å²) in [4.78, 5) is 17.1. The van der Waals surface area contributed by atoms with Gasteiger partial charge in [-0.1, -0.05) is 24.6 Å². The Morgan fingerprint density at radius 2 is 1.96 bits per heavy atom. The van der Waals surface area contributed by atoms with Crippen molar-refractivity contribution in [3.8, 4) is 0 Å². The van der Waals surface area contributed by atoms with Gasteiger partial charge in [-0.3, -0.25) is 4.90 Å². The van der Waals surface area contributed by atoms with Crippen molar-refractivity contribution in [2.45, 2.75) is 51.6 Å². The second kappa shape index (κ2) is 9.26. The van der Waals surface area contributed by atoms with Crippen molar-refractivity contribution in [3.63, 3.8) is 0 Å². The second-order valence-corrected chi connectivity index (χ2v) is 7.96. The van der Waals surface area contributed by atoms with Gasteiger partial charge < -0.3 is 15.5 Å². The Kier molecular flexibility index (Phi) is 6.78. The van der Waals surface area contributed by atoms with Gasteiger partial charge in [0.25, 0.3) is 0 Å². The van der Waals surface area contributed by atoms with E-state index in [9.17, 15) is 4.79 Å². The lowest BCUT2D eigenvalue weighted by atomic mass is 10.0. The predicted octanol–water partition coefficient (Wildman–Crippen LogP) is 3.08. The van der Waals surface area contributed by atoms with Crippen molar-refractivity contribution in [2.24, 2.45) is 5.92 Å². The zero-order valence-electron chi connectivity index (χ0n) is 16.3. The molecule has 26 heavy (non-hydrogen) atoms. The van der Waals surface area contributed by atoms with Gasteiger partial charge in [-0.25, -0.2) is 4.79 Å². The molecule has 0 unspecified atom stereocenters. The quantitative estimate of drug-likeness (QED) is 0.822. The highest BCUT2D eigenvalue weighted by Gasteiger charge is 2.24. The number of anilines is 1. The van der Waals surface area contributed by atoms with Crippen molar-refractivity contribution >= 4 is 11.7 Å². The third-order valence-electron chi connectivity index (χ3n) is 5.94. The van der Waals surface area contributed by atoms with E-state index >= 15 is 0 Å². The molecule has 0 aromatic heterocycles. The van der Waals surface area contributed by atoms with Crippen LogP contribution in [0.15, 0.2) is 30.3 Å². The second-order valence-electron chi connectivity index (χ2n) is 7.96. The first-order valence-electron chi connectivity index (χ1n) is 10.2. The van der Waals surface area contributed by atoms with E-state index in [1.165, 1.54) is 24.9 Å². The molecule has 1 aromatic carbocycles. The molecule has 0 aliphatic carbocycles. The first kappa shape index (κ1) is 19.0. The number of rotatable bonds is 6. The standard InChI is InChI=1S/C21H34N4O/c1-17-8-6-7-12-25(17)18(2)14-22-21(26)23-15-19-11-13-24(16-19)20-9-4-3-5-10-20/h3-5,9-10,17-19H,6-8,11-16H2,1-2H3,(H2,22,23,26)/t17-,18+,19+/m1/s1. The Morgan fingerprint density at radius 3 is 2.73 bits per heavy atom. The molecule has 1 aromatic rings. The van der Waals surface area contributed by atoms with Crippen molar-refractivity contribution in [2.75, 3.05) is 37.6 Å². The number of amides is 2. The first-order chi connectivity index (χ1) is 12.6. The van der Waals surface area contributed by atoms with Crippen LogP contribution in [0.2, 0.25) is 0 Å².